The van der Waals surface area contributed by atoms with E-state index in [1.54, 1.807) is 24.3 Å². The van der Waals surface area contributed by atoms with Crippen LogP contribution >= 0.6 is 0 Å². The molecule has 10 heteroatoms. The van der Waals surface area contributed by atoms with Crippen molar-refractivity contribution in [1.82, 2.24) is 9.97 Å². The fraction of sp³-hybridized carbons (Fsp3) is 0.217. The maximum absolute atomic E-state index is 13.5. The van der Waals surface area contributed by atoms with Crippen molar-refractivity contribution in [1.29, 1.82) is 5.26 Å². The standard InChI is InChI=1S/C23H21FN6O3/c1-32-20-12-15(2-7-19(20)31)14-26-29-23-27-21(16-3-5-17(24)6-4-16)18(13-25)22(28-23)30-8-10-33-11-9-30/h2-7,12,14,31H,8-11H2,1H3,(H,27,28,29)/b26-14+. The Bertz CT molecular complexity index is 1200. The Labute approximate surface area is 189 Å². The van der Waals surface area contributed by atoms with Crippen LogP contribution in [0.15, 0.2) is 47.6 Å². The van der Waals surface area contributed by atoms with Gasteiger partial charge in [-0.05, 0) is 48.0 Å². The van der Waals surface area contributed by atoms with Crippen molar-refractivity contribution in [2.45, 2.75) is 0 Å². The largest absolute Gasteiger partial charge is 0.504 e. The Morgan fingerprint density at radius 1 is 1.21 bits per heavy atom. The number of nitriles is 1. The zero-order valence-electron chi connectivity index (χ0n) is 17.8. The number of ether oxygens (including phenoxy) is 2. The number of aromatic hydroxyl groups is 1. The van der Waals surface area contributed by atoms with Gasteiger partial charge in [0.25, 0.3) is 0 Å². The number of anilines is 2. The second kappa shape index (κ2) is 9.93. The number of nitrogens with one attached hydrogen (secondary N) is 1. The molecule has 2 heterocycles. The summed E-state index contributed by atoms with van der Waals surface area (Å²) in [7, 11) is 1.46. The summed E-state index contributed by atoms with van der Waals surface area (Å²) in [6, 6.07) is 12.8. The zero-order valence-corrected chi connectivity index (χ0v) is 17.8. The molecule has 33 heavy (non-hydrogen) atoms. The quantitative estimate of drug-likeness (QED) is 0.436. The zero-order chi connectivity index (χ0) is 23.2. The lowest BCUT2D eigenvalue weighted by molar-refractivity contribution is 0.122. The minimum absolute atomic E-state index is 0.0251. The third kappa shape index (κ3) is 4.99. The predicted octanol–water partition coefficient (Wildman–Crippen LogP) is 3.15. The Balaban J connectivity index is 1.70. The van der Waals surface area contributed by atoms with Gasteiger partial charge in [0.2, 0.25) is 5.95 Å². The second-order valence-corrected chi connectivity index (χ2v) is 7.11. The molecular formula is C23H21FN6O3. The Morgan fingerprint density at radius 3 is 2.67 bits per heavy atom. The van der Waals surface area contributed by atoms with Crippen LogP contribution in [-0.2, 0) is 4.74 Å². The lowest BCUT2D eigenvalue weighted by atomic mass is 10.1. The van der Waals surface area contributed by atoms with E-state index in [0.717, 1.165) is 0 Å². The number of phenols is 1. The molecule has 1 aliphatic rings. The third-order valence-electron chi connectivity index (χ3n) is 5.01. The summed E-state index contributed by atoms with van der Waals surface area (Å²) in [6.45, 7) is 2.18. The molecule has 1 aromatic heterocycles. The minimum atomic E-state index is -0.382. The number of benzene rings is 2. The highest BCUT2D eigenvalue weighted by molar-refractivity contribution is 5.81. The average molecular weight is 448 g/mol. The molecule has 168 valence electrons. The topological polar surface area (TPSA) is 116 Å². The lowest BCUT2D eigenvalue weighted by Gasteiger charge is -2.29. The predicted molar refractivity (Wildman–Crippen MR) is 121 cm³/mol. The molecule has 1 saturated heterocycles. The van der Waals surface area contributed by atoms with Gasteiger partial charge in [-0.25, -0.2) is 14.8 Å². The Morgan fingerprint density at radius 2 is 1.97 bits per heavy atom. The Hall–Kier alpha value is -4.23. The highest BCUT2D eigenvalue weighted by Gasteiger charge is 2.22. The molecule has 0 atom stereocenters. The van der Waals surface area contributed by atoms with Crippen LogP contribution in [-0.4, -0.2) is 54.7 Å². The van der Waals surface area contributed by atoms with Crippen LogP contribution in [0.4, 0.5) is 16.2 Å². The van der Waals surface area contributed by atoms with E-state index in [9.17, 15) is 14.8 Å². The average Bonchev–Trinajstić information content (AvgIpc) is 2.85. The highest BCUT2D eigenvalue weighted by atomic mass is 19.1. The van der Waals surface area contributed by atoms with Crippen molar-refractivity contribution in [3.63, 3.8) is 0 Å². The number of halogens is 1. The van der Waals surface area contributed by atoms with Crippen molar-refractivity contribution in [2.75, 3.05) is 43.7 Å². The van der Waals surface area contributed by atoms with Gasteiger partial charge >= 0.3 is 0 Å². The van der Waals surface area contributed by atoms with E-state index in [4.69, 9.17) is 9.47 Å². The molecule has 2 N–H and O–H groups in total. The van der Waals surface area contributed by atoms with E-state index >= 15 is 0 Å². The minimum Gasteiger partial charge on any atom is -0.504 e. The molecule has 0 spiro atoms. The molecule has 0 bridgehead atoms. The van der Waals surface area contributed by atoms with Crippen LogP contribution in [0.2, 0.25) is 0 Å². The number of hydrogen-bond acceptors (Lipinski definition) is 9. The number of aromatic nitrogens is 2. The van der Waals surface area contributed by atoms with E-state index in [0.29, 0.717) is 60.3 Å². The maximum atomic E-state index is 13.5. The number of rotatable bonds is 6. The number of nitrogens with zero attached hydrogens (tertiary/aromatic N) is 5. The second-order valence-electron chi connectivity index (χ2n) is 7.11. The van der Waals surface area contributed by atoms with Gasteiger partial charge in [-0.3, -0.25) is 0 Å². The van der Waals surface area contributed by atoms with E-state index in [1.807, 2.05) is 4.90 Å². The molecule has 9 nitrogen and oxygen atoms in total. The lowest BCUT2D eigenvalue weighted by Crippen LogP contribution is -2.37. The van der Waals surface area contributed by atoms with Crippen molar-refractivity contribution in [2.24, 2.45) is 5.10 Å². The summed E-state index contributed by atoms with van der Waals surface area (Å²) in [5, 5.41) is 23.8. The third-order valence-corrected chi connectivity index (χ3v) is 5.01. The molecule has 0 unspecified atom stereocenters. The number of hydrogen-bond donors (Lipinski definition) is 2. The SMILES string of the molecule is COc1cc(/C=N/Nc2nc(-c3ccc(F)cc3)c(C#N)c(N3CCOCC3)n2)ccc1O. The van der Waals surface area contributed by atoms with Gasteiger partial charge in [-0.2, -0.15) is 15.3 Å². The van der Waals surface area contributed by atoms with Crippen LogP contribution in [0.5, 0.6) is 11.5 Å². The molecule has 1 aliphatic heterocycles. The van der Waals surface area contributed by atoms with Crippen LogP contribution in [0, 0.1) is 17.1 Å². The maximum Gasteiger partial charge on any atom is 0.246 e. The normalized spacial score (nSPS) is 13.7. The molecule has 4 rings (SSSR count). The Kier molecular flexibility index (Phi) is 6.61. The highest BCUT2D eigenvalue weighted by Crippen LogP contribution is 2.30. The molecule has 0 amide bonds. The van der Waals surface area contributed by atoms with Crippen LogP contribution < -0.4 is 15.1 Å². The van der Waals surface area contributed by atoms with Gasteiger partial charge in [0.05, 0.1) is 32.2 Å². The molecule has 0 aliphatic carbocycles. The summed E-state index contributed by atoms with van der Waals surface area (Å²) in [4.78, 5) is 11.0. The smallest absolute Gasteiger partial charge is 0.246 e. The van der Waals surface area contributed by atoms with Crippen LogP contribution in [0.3, 0.4) is 0 Å². The first-order valence-corrected chi connectivity index (χ1v) is 10.2. The van der Waals surface area contributed by atoms with E-state index in [2.05, 4.69) is 26.6 Å². The first-order valence-electron chi connectivity index (χ1n) is 10.2. The van der Waals surface area contributed by atoms with E-state index in [-0.39, 0.29) is 17.5 Å². The van der Waals surface area contributed by atoms with Gasteiger partial charge < -0.3 is 19.5 Å². The van der Waals surface area contributed by atoms with Crippen molar-refractivity contribution in [3.05, 3.63) is 59.4 Å². The molecular weight excluding hydrogens is 427 g/mol. The van der Waals surface area contributed by atoms with E-state index in [1.165, 1.54) is 31.5 Å². The summed E-state index contributed by atoms with van der Waals surface area (Å²) in [6.07, 6.45) is 1.52. The van der Waals surface area contributed by atoms with E-state index < -0.39 is 0 Å². The van der Waals surface area contributed by atoms with Gasteiger partial charge in [-0.15, -0.1) is 0 Å². The van der Waals surface area contributed by atoms with Gasteiger partial charge in [0.1, 0.15) is 17.4 Å². The summed E-state index contributed by atoms with van der Waals surface area (Å²) >= 11 is 0. The van der Waals surface area contributed by atoms with Crippen molar-refractivity contribution >= 4 is 18.0 Å². The van der Waals surface area contributed by atoms with Gasteiger partial charge in [0, 0.05) is 18.7 Å². The van der Waals surface area contributed by atoms with Crippen LogP contribution in [0.1, 0.15) is 11.1 Å². The number of morpholine rings is 1. The summed E-state index contributed by atoms with van der Waals surface area (Å²) < 4.78 is 24.0. The van der Waals surface area contributed by atoms with Crippen molar-refractivity contribution < 1.29 is 19.0 Å². The molecule has 3 aromatic rings. The fourth-order valence-corrected chi connectivity index (χ4v) is 3.36. The van der Waals surface area contributed by atoms with Gasteiger partial charge in [-0.1, -0.05) is 0 Å². The number of phenolic OH excluding ortho intramolecular Hbond substituents is 1. The summed E-state index contributed by atoms with van der Waals surface area (Å²) in [5.41, 5.74) is 4.73. The number of methoxy groups -OCH3 is 1. The van der Waals surface area contributed by atoms with Gasteiger partial charge in [0.15, 0.2) is 17.3 Å². The monoisotopic (exact) mass is 448 g/mol. The molecule has 1 fully saturated rings. The molecule has 0 saturated carbocycles. The first-order chi connectivity index (χ1) is 16.1. The molecule has 0 radical (unpaired) electrons. The molecule has 2 aromatic carbocycles. The van der Waals surface area contributed by atoms with Crippen molar-refractivity contribution in [3.8, 4) is 28.8 Å². The number of hydrazone groups is 1. The van der Waals surface area contributed by atoms with Crippen LogP contribution in [0.25, 0.3) is 11.3 Å². The first kappa shape index (κ1) is 22.0. The fourth-order valence-electron chi connectivity index (χ4n) is 3.36. The summed E-state index contributed by atoms with van der Waals surface area (Å²) in [5.74, 6) is 0.599.